The van der Waals surface area contributed by atoms with Crippen molar-refractivity contribution in [2.45, 2.75) is 39.0 Å². The summed E-state index contributed by atoms with van der Waals surface area (Å²) < 4.78 is 10.7. The molecule has 0 bridgehead atoms. The van der Waals surface area contributed by atoms with Crippen LogP contribution in [-0.4, -0.2) is 43.7 Å². The van der Waals surface area contributed by atoms with Gasteiger partial charge in [-0.2, -0.15) is 11.3 Å². The van der Waals surface area contributed by atoms with Gasteiger partial charge in [0, 0.05) is 12.6 Å². The second-order valence-electron chi connectivity index (χ2n) is 4.83. The Morgan fingerprint density at radius 1 is 1.32 bits per heavy atom. The number of aliphatic hydroxyl groups is 1. The summed E-state index contributed by atoms with van der Waals surface area (Å²) in [7, 11) is 0. The van der Waals surface area contributed by atoms with Crippen molar-refractivity contribution in [3.05, 3.63) is 22.4 Å². The summed E-state index contributed by atoms with van der Waals surface area (Å²) in [4.78, 5) is 0. The molecule has 2 unspecified atom stereocenters. The molecule has 0 aliphatic heterocycles. The predicted molar refractivity (Wildman–Crippen MR) is 78.7 cm³/mol. The molecule has 5 heteroatoms. The molecule has 0 aliphatic rings. The van der Waals surface area contributed by atoms with E-state index in [0.717, 1.165) is 0 Å². The summed E-state index contributed by atoms with van der Waals surface area (Å²) >= 11 is 1.68. The Hall–Kier alpha value is -0.460. The van der Waals surface area contributed by atoms with Gasteiger partial charge in [-0.3, -0.25) is 0 Å². The van der Waals surface area contributed by atoms with E-state index in [1.165, 1.54) is 5.56 Å². The van der Waals surface area contributed by atoms with Crippen LogP contribution in [0.25, 0.3) is 0 Å². The van der Waals surface area contributed by atoms with Crippen LogP contribution in [-0.2, 0) is 9.47 Å². The van der Waals surface area contributed by atoms with Crippen molar-refractivity contribution in [2.24, 2.45) is 0 Å². The van der Waals surface area contributed by atoms with Crippen molar-refractivity contribution in [3.63, 3.8) is 0 Å². The van der Waals surface area contributed by atoms with Gasteiger partial charge in [-0.1, -0.05) is 0 Å². The molecule has 1 heterocycles. The van der Waals surface area contributed by atoms with E-state index in [9.17, 15) is 5.11 Å². The molecule has 19 heavy (non-hydrogen) atoms. The highest BCUT2D eigenvalue weighted by Gasteiger charge is 2.09. The largest absolute Gasteiger partial charge is 0.389 e. The average molecular weight is 287 g/mol. The first-order valence-corrected chi connectivity index (χ1v) is 7.66. The van der Waals surface area contributed by atoms with Gasteiger partial charge in [0.25, 0.3) is 0 Å². The predicted octanol–water partition coefficient (Wildman–Crippen LogP) is 2.20. The van der Waals surface area contributed by atoms with Crippen LogP contribution in [0.4, 0.5) is 0 Å². The average Bonchev–Trinajstić information content (AvgIpc) is 2.89. The van der Waals surface area contributed by atoms with Gasteiger partial charge in [0.15, 0.2) is 0 Å². The Kier molecular flexibility index (Phi) is 8.25. The Morgan fingerprint density at radius 3 is 2.74 bits per heavy atom. The summed E-state index contributed by atoms with van der Waals surface area (Å²) in [5.41, 5.74) is 1.25. The van der Waals surface area contributed by atoms with E-state index >= 15 is 0 Å². The molecule has 110 valence electrons. The van der Waals surface area contributed by atoms with E-state index in [1.807, 2.05) is 13.8 Å². The van der Waals surface area contributed by atoms with Crippen LogP contribution in [0, 0.1) is 0 Å². The molecule has 0 saturated heterocycles. The van der Waals surface area contributed by atoms with Crippen LogP contribution in [0.5, 0.6) is 0 Å². The molecule has 0 radical (unpaired) electrons. The van der Waals surface area contributed by atoms with Gasteiger partial charge in [0.2, 0.25) is 0 Å². The Morgan fingerprint density at radius 2 is 2.11 bits per heavy atom. The number of hydrogen-bond donors (Lipinski definition) is 2. The molecule has 1 rings (SSSR count). The van der Waals surface area contributed by atoms with Crippen LogP contribution < -0.4 is 5.32 Å². The van der Waals surface area contributed by atoms with Crippen molar-refractivity contribution in [1.82, 2.24) is 5.32 Å². The maximum absolute atomic E-state index is 9.78. The van der Waals surface area contributed by atoms with Crippen molar-refractivity contribution >= 4 is 11.3 Å². The molecule has 0 saturated carbocycles. The van der Waals surface area contributed by atoms with Crippen molar-refractivity contribution < 1.29 is 14.6 Å². The summed E-state index contributed by atoms with van der Waals surface area (Å²) in [6.45, 7) is 8.03. The van der Waals surface area contributed by atoms with E-state index in [4.69, 9.17) is 9.47 Å². The first-order valence-electron chi connectivity index (χ1n) is 6.72. The summed E-state index contributed by atoms with van der Waals surface area (Å²) in [6, 6.07) is 2.35. The smallest absolute Gasteiger partial charge is 0.0897 e. The normalized spacial score (nSPS) is 14.8. The van der Waals surface area contributed by atoms with Gasteiger partial charge in [-0.25, -0.2) is 0 Å². The maximum Gasteiger partial charge on any atom is 0.0897 e. The van der Waals surface area contributed by atoms with Crippen LogP contribution >= 0.6 is 11.3 Å². The monoisotopic (exact) mass is 287 g/mol. The van der Waals surface area contributed by atoms with Crippen molar-refractivity contribution in [1.29, 1.82) is 0 Å². The Balaban J connectivity index is 2.03. The summed E-state index contributed by atoms with van der Waals surface area (Å²) in [6.07, 6.45) is -0.262. The maximum atomic E-state index is 9.78. The fraction of sp³-hybridized carbons (Fsp3) is 0.714. The third-order valence-electron chi connectivity index (χ3n) is 2.69. The van der Waals surface area contributed by atoms with E-state index in [1.54, 1.807) is 11.3 Å². The fourth-order valence-electron chi connectivity index (χ4n) is 1.57. The van der Waals surface area contributed by atoms with E-state index in [0.29, 0.717) is 26.4 Å². The molecule has 4 nitrogen and oxygen atoms in total. The van der Waals surface area contributed by atoms with Crippen molar-refractivity contribution in [3.8, 4) is 0 Å². The molecule has 0 aliphatic carbocycles. The van der Waals surface area contributed by atoms with E-state index < -0.39 is 6.10 Å². The quantitative estimate of drug-likeness (QED) is 0.648. The van der Waals surface area contributed by atoms with Crippen LogP contribution in [0.15, 0.2) is 16.8 Å². The number of aliphatic hydroxyl groups excluding tert-OH is 1. The fourth-order valence-corrected chi connectivity index (χ4v) is 2.33. The Bertz CT molecular complexity index is 317. The molecular formula is C14H25NO3S. The van der Waals surface area contributed by atoms with Gasteiger partial charge in [-0.15, -0.1) is 0 Å². The first-order chi connectivity index (χ1) is 9.09. The number of thiophene rings is 1. The lowest BCUT2D eigenvalue weighted by atomic mass is 10.2. The lowest BCUT2D eigenvalue weighted by molar-refractivity contribution is -0.0104. The lowest BCUT2D eigenvalue weighted by Crippen LogP contribution is -2.32. The molecule has 0 spiro atoms. The van der Waals surface area contributed by atoms with Crippen LogP contribution in [0.2, 0.25) is 0 Å². The molecule has 2 atom stereocenters. The zero-order chi connectivity index (χ0) is 14.1. The van der Waals surface area contributed by atoms with Crippen LogP contribution in [0.3, 0.4) is 0 Å². The minimum atomic E-state index is -0.486. The highest BCUT2D eigenvalue weighted by Crippen LogP contribution is 2.15. The van der Waals surface area contributed by atoms with Crippen LogP contribution in [0.1, 0.15) is 32.4 Å². The van der Waals surface area contributed by atoms with E-state index in [-0.39, 0.29) is 12.1 Å². The SMILES string of the molecule is CC(C)OCCOCC(O)CNC(C)c1ccsc1. The standard InChI is InChI=1S/C14H25NO3S/c1-11(2)18-6-5-17-9-14(16)8-15-12(3)13-4-7-19-10-13/h4,7,10-12,14-16H,5-6,8-9H2,1-3H3. The minimum Gasteiger partial charge on any atom is -0.389 e. The lowest BCUT2D eigenvalue weighted by Gasteiger charge is -2.16. The van der Waals surface area contributed by atoms with Gasteiger partial charge < -0.3 is 19.9 Å². The molecule has 1 aromatic rings. The topological polar surface area (TPSA) is 50.7 Å². The molecule has 0 fully saturated rings. The number of nitrogens with one attached hydrogen (secondary N) is 1. The molecule has 2 N–H and O–H groups in total. The molecule has 0 amide bonds. The Labute approximate surface area is 119 Å². The van der Waals surface area contributed by atoms with Gasteiger partial charge in [-0.05, 0) is 43.2 Å². The first kappa shape index (κ1) is 16.6. The van der Waals surface area contributed by atoms with E-state index in [2.05, 4.69) is 29.1 Å². The van der Waals surface area contributed by atoms with Gasteiger partial charge >= 0.3 is 0 Å². The summed E-state index contributed by atoms with van der Waals surface area (Å²) in [5, 5.41) is 17.2. The third kappa shape index (κ3) is 7.64. The van der Waals surface area contributed by atoms with Crippen molar-refractivity contribution in [2.75, 3.05) is 26.4 Å². The zero-order valence-corrected chi connectivity index (χ0v) is 12.8. The molecule has 1 aromatic heterocycles. The number of rotatable bonds is 10. The second kappa shape index (κ2) is 9.44. The number of ether oxygens (including phenoxy) is 2. The third-order valence-corrected chi connectivity index (χ3v) is 3.39. The van der Waals surface area contributed by atoms with Gasteiger partial charge in [0.1, 0.15) is 0 Å². The molecular weight excluding hydrogens is 262 g/mol. The zero-order valence-electron chi connectivity index (χ0n) is 12.0. The highest BCUT2D eigenvalue weighted by molar-refractivity contribution is 7.07. The summed E-state index contributed by atoms with van der Waals surface area (Å²) in [5.74, 6) is 0. The molecule has 0 aromatic carbocycles. The highest BCUT2D eigenvalue weighted by atomic mass is 32.1. The van der Waals surface area contributed by atoms with Gasteiger partial charge in [0.05, 0.1) is 32.0 Å². The second-order valence-corrected chi connectivity index (χ2v) is 5.61. The minimum absolute atomic E-state index is 0.224. The number of hydrogen-bond acceptors (Lipinski definition) is 5.